The molecule has 1 aliphatic heterocycles. The zero-order valence-electron chi connectivity index (χ0n) is 14.1. The third kappa shape index (κ3) is 3.07. The van der Waals surface area contributed by atoms with Crippen LogP contribution in [-0.2, 0) is 11.8 Å². The van der Waals surface area contributed by atoms with Gasteiger partial charge in [-0.15, -0.1) is 0 Å². The van der Waals surface area contributed by atoms with Crippen molar-refractivity contribution in [1.29, 1.82) is 0 Å². The fourth-order valence-corrected chi connectivity index (χ4v) is 2.74. The number of aromatic nitrogens is 2. The number of aryl methyl sites for hydroxylation is 1. The molecule has 1 saturated heterocycles. The summed E-state index contributed by atoms with van der Waals surface area (Å²) >= 11 is 0. The van der Waals surface area contributed by atoms with Gasteiger partial charge in [-0.2, -0.15) is 5.10 Å². The number of hydrogen-bond acceptors (Lipinski definition) is 5. The lowest BCUT2D eigenvalue weighted by atomic mass is 10.1. The maximum absolute atomic E-state index is 12.7. The third-order valence-corrected chi connectivity index (χ3v) is 4.08. The zero-order chi connectivity index (χ0) is 17.1. The van der Waals surface area contributed by atoms with Gasteiger partial charge < -0.3 is 19.1 Å². The molecular weight excluding hydrogens is 310 g/mol. The molecule has 0 aliphatic carbocycles. The summed E-state index contributed by atoms with van der Waals surface area (Å²) in [6.45, 7) is 2.35. The van der Waals surface area contributed by atoms with Gasteiger partial charge in [0.2, 0.25) is 0 Å². The minimum Gasteiger partial charge on any atom is -0.497 e. The molecule has 128 valence electrons. The average Bonchev–Trinajstić information content (AvgIpc) is 3.02. The largest absolute Gasteiger partial charge is 0.497 e. The lowest BCUT2D eigenvalue weighted by molar-refractivity contribution is 0.0295. The van der Waals surface area contributed by atoms with Crippen LogP contribution in [0.1, 0.15) is 10.5 Å². The number of amides is 1. The minimum absolute atomic E-state index is 0.0352. The van der Waals surface area contributed by atoms with Gasteiger partial charge >= 0.3 is 0 Å². The SMILES string of the molecule is COc1ccc(-c2cc(C(=O)N3CCOCC3)n(C)n2)c(OC)c1. The van der Waals surface area contributed by atoms with Crippen molar-refractivity contribution in [2.75, 3.05) is 40.5 Å². The van der Waals surface area contributed by atoms with Crippen LogP contribution >= 0.6 is 0 Å². The van der Waals surface area contributed by atoms with Gasteiger partial charge in [0.1, 0.15) is 17.2 Å². The topological polar surface area (TPSA) is 65.8 Å². The van der Waals surface area contributed by atoms with E-state index < -0.39 is 0 Å². The predicted molar refractivity (Wildman–Crippen MR) is 88.5 cm³/mol. The van der Waals surface area contributed by atoms with Crippen molar-refractivity contribution in [3.8, 4) is 22.8 Å². The summed E-state index contributed by atoms with van der Waals surface area (Å²) in [6, 6.07) is 7.31. The Morgan fingerprint density at radius 1 is 1.17 bits per heavy atom. The van der Waals surface area contributed by atoms with Gasteiger partial charge in [0, 0.05) is 31.8 Å². The molecule has 1 aromatic carbocycles. The molecule has 0 spiro atoms. The van der Waals surface area contributed by atoms with Crippen LogP contribution in [0.15, 0.2) is 24.3 Å². The van der Waals surface area contributed by atoms with Gasteiger partial charge in [0.15, 0.2) is 0 Å². The third-order valence-electron chi connectivity index (χ3n) is 4.08. The normalized spacial score (nSPS) is 14.5. The van der Waals surface area contributed by atoms with Gasteiger partial charge in [-0.25, -0.2) is 0 Å². The molecule has 7 nitrogen and oxygen atoms in total. The van der Waals surface area contributed by atoms with E-state index in [1.165, 1.54) is 0 Å². The van der Waals surface area contributed by atoms with E-state index in [0.717, 1.165) is 5.56 Å². The Morgan fingerprint density at radius 3 is 2.58 bits per heavy atom. The van der Waals surface area contributed by atoms with Crippen molar-refractivity contribution in [2.24, 2.45) is 7.05 Å². The molecule has 2 heterocycles. The van der Waals surface area contributed by atoms with E-state index in [2.05, 4.69) is 5.10 Å². The van der Waals surface area contributed by atoms with Gasteiger partial charge in [0.05, 0.1) is 33.1 Å². The molecule has 1 amide bonds. The average molecular weight is 331 g/mol. The first kappa shape index (κ1) is 16.3. The lowest BCUT2D eigenvalue weighted by Crippen LogP contribution is -2.41. The smallest absolute Gasteiger partial charge is 0.272 e. The number of nitrogens with zero attached hydrogens (tertiary/aromatic N) is 3. The van der Waals surface area contributed by atoms with Crippen molar-refractivity contribution in [1.82, 2.24) is 14.7 Å². The van der Waals surface area contributed by atoms with E-state index in [0.29, 0.717) is 49.2 Å². The molecule has 1 fully saturated rings. The zero-order valence-corrected chi connectivity index (χ0v) is 14.1. The number of benzene rings is 1. The van der Waals surface area contributed by atoms with E-state index in [-0.39, 0.29) is 5.91 Å². The minimum atomic E-state index is -0.0352. The monoisotopic (exact) mass is 331 g/mol. The summed E-state index contributed by atoms with van der Waals surface area (Å²) in [7, 11) is 4.97. The van der Waals surface area contributed by atoms with E-state index in [1.54, 1.807) is 43.0 Å². The Bertz CT molecular complexity index is 735. The fraction of sp³-hybridized carbons (Fsp3) is 0.412. The van der Waals surface area contributed by atoms with Crippen LogP contribution in [0.2, 0.25) is 0 Å². The quantitative estimate of drug-likeness (QED) is 0.851. The molecule has 0 atom stereocenters. The van der Waals surface area contributed by atoms with Gasteiger partial charge in [-0.1, -0.05) is 0 Å². The van der Waals surface area contributed by atoms with Crippen molar-refractivity contribution < 1.29 is 19.0 Å². The van der Waals surface area contributed by atoms with Crippen LogP contribution in [0.4, 0.5) is 0 Å². The lowest BCUT2D eigenvalue weighted by Gasteiger charge is -2.26. The van der Waals surface area contributed by atoms with Gasteiger partial charge in [0.25, 0.3) is 5.91 Å². The molecule has 1 aliphatic rings. The van der Waals surface area contributed by atoms with Crippen LogP contribution in [-0.4, -0.2) is 61.1 Å². The molecule has 24 heavy (non-hydrogen) atoms. The molecule has 0 N–H and O–H groups in total. The maximum atomic E-state index is 12.7. The second kappa shape index (κ2) is 6.92. The van der Waals surface area contributed by atoms with Gasteiger partial charge in [-0.05, 0) is 18.2 Å². The van der Waals surface area contributed by atoms with Crippen molar-refractivity contribution >= 4 is 5.91 Å². The molecule has 3 rings (SSSR count). The van der Waals surface area contributed by atoms with E-state index >= 15 is 0 Å². The first-order chi connectivity index (χ1) is 11.6. The second-order valence-corrected chi connectivity index (χ2v) is 5.51. The molecule has 0 radical (unpaired) electrons. The Balaban J connectivity index is 1.92. The molecule has 2 aromatic rings. The first-order valence-corrected chi connectivity index (χ1v) is 7.77. The molecule has 0 bridgehead atoms. The highest BCUT2D eigenvalue weighted by atomic mass is 16.5. The Kier molecular flexibility index (Phi) is 4.71. The summed E-state index contributed by atoms with van der Waals surface area (Å²) in [4.78, 5) is 14.5. The highest BCUT2D eigenvalue weighted by Gasteiger charge is 2.23. The van der Waals surface area contributed by atoms with Crippen LogP contribution in [0.5, 0.6) is 11.5 Å². The number of hydrogen-bond donors (Lipinski definition) is 0. The summed E-state index contributed by atoms with van der Waals surface area (Å²) < 4.78 is 17.5. The number of carbonyl (C=O) groups excluding carboxylic acids is 1. The molecule has 7 heteroatoms. The molecule has 0 saturated carbocycles. The molecular formula is C17H21N3O4. The Morgan fingerprint density at radius 2 is 1.92 bits per heavy atom. The van der Waals surface area contributed by atoms with Crippen molar-refractivity contribution in [3.63, 3.8) is 0 Å². The van der Waals surface area contributed by atoms with Crippen LogP contribution in [0.3, 0.4) is 0 Å². The van der Waals surface area contributed by atoms with E-state index in [9.17, 15) is 4.79 Å². The second-order valence-electron chi connectivity index (χ2n) is 5.51. The van der Waals surface area contributed by atoms with Crippen LogP contribution < -0.4 is 9.47 Å². The highest BCUT2D eigenvalue weighted by Crippen LogP contribution is 2.33. The van der Waals surface area contributed by atoms with E-state index in [1.807, 2.05) is 12.1 Å². The molecule has 0 unspecified atom stereocenters. The number of rotatable bonds is 4. The highest BCUT2D eigenvalue weighted by molar-refractivity contribution is 5.94. The standard InChI is InChI=1S/C17H21N3O4/c1-19-15(17(21)20-6-8-24-9-7-20)11-14(18-19)13-5-4-12(22-2)10-16(13)23-3/h4-5,10-11H,6-9H2,1-3H3. The number of ether oxygens (including phenoxy) is 3. The summed E-state index contributed by atoms with van der Waals surface area (Å²) in [5.41, 5.74) is 2.05. The van der Waals surface area contributed by atoms with Crippen LogP contribution in [0, 0.1) is 0 Å². The summed E-state index contributed by atoms with van der Waals surface area (Å²) in [5, 5.41) is 4.48. The predicted octanol–water partition coefficient (Wildman–Crippen LogP) is 1.58. The van der Waals surface area contributed by atoms with E-state index in [4.69, 9.17) is 14.2 Å². The molecule has 1 aromatic heterocycles. The summed E-state index contributed by atoms with van der Waals surface area (Å²) in [6.07, 6.45) is 0. The van der Waals surface area contributed by atoms with Crippen molar-refractivity contribution in [3.05, 3.63) is 30.0 Å². The number of morpholine rings is 1. The van der Waals surface area contributed by atoms with Crippen molar-refractivity contribution in [2.45, 2.75) is 0 Å². The summed E-state index contributed by atoms with van der Waals surface area (Å²) in [5.74, 6) is 1.32. The number of methoxy groups -OCH3 is 2. The Labute approximate surface area is 140 Å². The first-order valence-electron chi connectivity index (χ1n) is 7.77. The Hall–Kier alpha value is -2.54. The number of carbonyl (C=O) groups is 1. The van der Waals surface area contributed by atoms with Crippen LogP contribution in [0.25, 0.3) is 11.3 Å². The fourth-order valence-electron chi connectivity index (χ4n) is 2.74. The maximum Gasteiger partial charge on any atom is 0.272 e. The van der Waals surface area contributed by atoms with Gasteiger partial charge in [-0.3, -0.25) is 9.48 Å².